The highest BCUT2D eigenvalue weighted by Crippen LogP contribution is 2.64. The maximum Gasteiger partial charge on any atom is 0.338 e. The molecule has 2 aromatic carbocycles. The summed E-state index contributed by atoms with van der Waals surface area (Å²) in [6.07, 6.45) is 14.0. The number of phenolic OH excluding ortho intramolecular Hbond substituents is 1. The Morgan fingerprint density at radius 1 is 0.898 bits per heavy atom. The van der Waals surface area contributed by atoms with Gasteiger partial charge in [-0.15, -0.1) is 0 Å². The van der Waals surface area contributed by atoms with Crippen LogP contribution in [-0.2, 0) is 28.6 Å². The molecule has 4 atom stereocenters. The van der Waals surface area contributed by atoms with Crippen LogP contribution in [0.5, 0.6) is 17.2 Å². The Hall–Kier alpha value is -4.37. The summed E-state index contributed by atoms with van der Waals surface area (Å²) >= 11 is 0. The maximum atomic E-state index is 11.9. The first-order valence-corrected chi connectivity index (χ1v) is 21.3. The number of carbonyl (C=O) groups is 3. The van der Waals surface area contributed by atoms with Gasteiger partial charge in [-0.05, 0) is 172 Å². The maximum absolute atomic E-state index is 11.9. The van der Waals surface area contributed by atoms with Crippen molar-refractivity contribution in [3.05, 3.63) is 89.9 Å². The van der Waals surface area contributed by atoms with Gasteiger partial charge in [0.25, 0.3) is 0 Å². The van der Waals surface area contributed by atoms with Crippen molar-refractivity contribution in [3.8, 4) is 17.2 Å². The van der Waals surface area contributed by atoms with Crippen LogP contribution in [-0.4, -0.2) is 52.5 Å². The quantitative estimate of drug-likeness (QED) is 0.150. The van der Waals surface area contributed by atoms with Crippen LogP contribution in [0.15, 0.2) is 61.2 Å². The van der Waals surface area contributed by atoms with Crippen LogP contribution in [0, 0.1) is 56.3 Å². The van der Waals surface area contributed by atoms with Crippen molar-refractivity contribution >= 4 is 24.0 Å². The Bertz CT molecular complexity index is 1880. The van der Waals surface area contributed by atoms with E-state index >= 15 is 0 Å². The number of rotatable bonds is 9. The third-order valence-corrected chi connectivity index (χ3v) is 13.4. The minimum atomic E-state index is -0.451. The van der Waals surface area contributed by atoms with Crippen LogP contribution in [0.1, 0.15) is 122 Å². The molecule has 4 unspecified atom stereocenters. The van der Waals surface area contributed by atoms with Crippen LogP contribution in [0.3, 0.4) is 0 Å². The molecule has 3 heterocycles. The van der Waals surface area contributed by atoms with E-state index in [1.807, 2.05) is 36.8 Å². The zero-order valence-corrected chi connectivity index (χ0v) is 37.1. The Balaban J connectivity index is 0.000000153. The van der Waals surface area contributed by atoms with Crippen LogP contribution in [0.25, 0.3) is 6.08 Å². The van der Waals surface area contributed by atoms with Gasteiger partial charge in [0.15, 0.2) is 0 Å². The third-order valence-electron chi connectivity index (χ3n) is 13.4. The molecule has 4 aliphatic carbocycles. The molecule has 6 bridgehead atoms. The molecule has 2 aromatic rings. The van der Waals surface area contributed by atoms with E-state index in [0.29, 0.717) is 22.5 Å². The zero-order valence-electron chi connectivity index (χ0n) is 37.1. The van der Waals surface area contributed by atoms with E-state index in [1.165, 1.54) is 38.5 Å². The molecule has 59 heavy (non-hydrogen) atoms. The number of carbonyl (C=O) groups excluding carboxylic acids is 3. The van der Waals surface area contributed by atoms with E-state index in [4.69, 9.17) is 23.7 Å². The Labute approximate surface area is 352 Å². The van der Waals surface area contributed by atoms with Gasteiger partial charge in [-0.1, -0.05) is 44.9 Å². The molecule has 3 aliphatic heterocycles. The fourth-order valence-electron chi connectivity index (χ4n) is 9.71. The lowest BCUT2D eigenvalue weighted by Gasteiger charge is -2.61. The van der Waals surface area contributed by atoms with Gasteiger partial charge in [-0.3, -0.25) is 4.79 Å². The molecule has 1 radical (unpaired) electrons. The van der Waals surface area contributed by atoms with Gasteiger partial charge in [0, 0.05) is 23.0 Å². The number of ether oxygens (including phenoxy) is 5. The normalized spacial score (nSPS) is 27.8. The number of hydrogen-bond donors (Lipinski definition) is 1. The SMILES string of the molecule is C=C(C)C(=O)OC(C)(C)C12CC3CC(CC(C3)C1)C2.C=C(C)C(=O)Oc1cc(C)c(O)c(C)c1C.C=Cc1ccc(OC(C)(C)CC)cc1.O=C1OC2[CH]C3CC1C2O3. The number of benzene rings is 2. The summed E-state index contributed by atoms with van der Waals surface area (Å²) < 4.78 is 27.3. The lowest BCUT2D eigenvalue weighted by atomic mass is 9.46. The monoisotopic (exact) mass is 811 g/mol. The average molecular weight is 812 g/mol. The second kappa shape index (κ2) is 18.1. The molecule has 9 heteroatoms. The Kier molecular flexibility index (Phi) is 14.0. The van der Waals surface area contributed by atoms with Gasteiger partial charge in [0.05, 0.1) is 12.0 Å². The van der Waals surface area contributed by atoms with Crippen molar-refractivity contribution < 1.29 is 43.2 Å². The van der Waals surface area contributed by atoms with Crippen molar-refractivity contribution in [2.75, 3.05) is 0 Å². The molecule has 7 aliphatic rings. The van der Waals surface area contributed by atoms with E-state index in [-0.39, 0.29) is 58.5 Å². The molecule has 321 valence electrons. The van der Waals surface area contributed by atoms with Crippen LogP contribution in [0.4, 0.5) is 0 Å². The first kappa shape index (κ1) is 45.7. The fourth-order valence-corrected chi connectivity index (χ4v) is 9.71. The molecule has 0 amide bonds. The molecule has 1 N–H and O–H groups in total. The van der Waals surface area contributed by atoms with Crippen LogP contribution < -0.4 is 9.47 Å². The molecule has 0 aromatic heterocycles. The smallest absolute Gasteiger partial charge is 0.338 e. The molecule has 0 spiro atoms. The molecule has 9 nitrogen and oxygen atoms in total. The summed E-state index contributed by atoms with van der Waals surface area (Å²) in [5.41, 5.74) is 3.95. The Morgan fingerprint density at radius 2 is 1.46 bits per heavy atom. The van der Waals surface area contributed by atoms with E-state index in [1.54, 1.807) is 40.7 Å². The average Bonchev–Trinajstić information content (AvgIpc) is 3.81. The lowest BCUT2D eigenvalue weighted by molar-refractivity contribution is -0.195. The summed E-state index contributed by atoms with van der Waals surface area (Å²) in [4.78, 5) is 34.3. The predicted molar refractivity (Wildman–Crippen MR) is 231 cm³/mol. The standard InChI is InChI=1S/C17H26O2.C13H16O3.C13H18O.C7H7O3/c1-11(2)15(18)19-16(3,4)17-8-12-5-13(9-17)7-14(6-12)10-17;1-7(2)13(15)16-11-6-8(3)12(14)10(5)9(11)4;1-5-11-7-9-12(10-8-11)14-13(3,4)6-2;8-7-4-1-3-2-5(10-7)6(4)9-3/h12-14H,1,5-10H2,2-4H3;6,14H,1H2,2-5H3;5,7-10H,1,6H2,2-4H3;2-6H,1H2. The summed E-state index contributed by atoms with van der Waals surface area (Å²) in [7, 11) is 0. The summed E-state index contributed by atoms with van der Waals surface area (Å²) in [5, 5.41) is 9.70. The van der Waals surface area contributed by atoms with Crippen molar-refractivity contribution in [2.45, 2.75) is 150 Å². The van der Waals surface area contributed by atoms with Crippen LogP contribution in [0.2, 0.25) is 0 Å². The number of phenols is 1. The summed E-state index contributed by atoms with van der Waals surface area (Å²) in [6, 6.07) is 9.63. The van der Waals surface area contributed by atoms with Gasteiger partial charge < -0.3 is 28.8 Å². The van der Waals surface area contributed by atoms with Crippen LogP contribution >= 0.6 is 0 Å². The van der Waals surface area contributed by atoms with Crippen molar-refractivity contribution in [1.29, 1.82) is 0 Å². The van der Waals surface area contributed by atoms with Crippen molar-refractivity contribution in [3.63, 3.8) is 0 Å². The van der Waals surface area contributed by atoms with Crippen molar-refractivity contribution in [2.24, 2.45) is 29.1 Å². The minimum Gasteiger partial charge on any atom is -0.507 e. The van der Waals surface area contributed by atoms with Gasteiger partial charge in [0.1, 0.15) is 40.7 Å². The topological polar surface area (TPSA) is 118 Å². The molecular weight excluding hydrogens is 745 g/mol. The molecule has 3 saturated heterocycles. The number of fused-ring (bicyclic) bond motifs is 1. The third kappa shape index (κ3) is 10.5. The molecule has 9 rings (SSSR count). The van der Waals surface area contributed by atoms with Gasteiger partial charge >= 0.3 is 17.9 Å². The number of hydrogen-bond acceptors (Lipinski definition) is 9. The van der Waals surface area contributed by atoms with Gasteiger partial charge in [-0.25, -0.2) is 9.59 Å². The molecule has 7 fully saturated rings. The van der Waals surface area contributed by atoms with Gasteiger partial charge in [0.2, 0.25) is 0 Å². The van der Waals surface area contributed by atoms with E-state index < -0.39 is 5.97 Å². The lowest BCUT2D eigenvalue weighted by Crippen LogP contribution is -2.57. The highest BCUT2D eigenvalue weighted by molar-refractivity contribution is 5.89. The van der Waals surface area contributed by atoms with E-state index in [2.05, 4.69) is 54.4 Å². The zero-order chi connectivity index (χ0) is 43.6. The first-order chi connectivity index (χ1) is 27.6. The fraction of sp³-hybridized carbons (Fsp3) is 0.560. The highest BCUT2D eigenvalue weighted by atomic mass is 16.6. The van der Waals surface area contributed by atoms with Gasteiger partial charge in [-0.2, -0.15) is 0 Å². The predicted octanol–water partition coefficient (Wildman–Crippen LogP) is 10.7. The Morgan fingerprint density at radius 3 is 1.92 bits per heavy atom. The second-order valence-electron chi connectivity index (χ2n) is 18.9. The molecule has 4 saturated carbocycles. The van der Waals surface area contributed by atoms with Crippen molar-refractivity contribution in [1.82, 2.24) is 0 Å². The summed E-state index contributed by atoms with van der Waals surface area (Å²) in [6.45, 7) is 30.2. The van der Waals surface area contributed by atoms with E-state index in [9.17, 15) is 19.5 Å². The summed E-state index contributed by atoms with van der Waals surface area (Å²) in [5.74, 6) is 3.60. The second-order valence-corrected chi connectivity index (χ2v) is 18.9. The molecular formula is C50H67O9. The number of aryl methyl sites for hydroxylation is 1. The number of aromatic hydroxyl groups is 1. The van der Waals surface area contributed by atoms with E-state index in [0.717, 1.165) is 53.0 Å². The minimum absolute atomic E-state index is 0.0174. The largest absolute Gasteiger partial charge is 0.507 e. The first-order valence-electron chi connectivity index (χ1n) is 21.3. The highest BCUT2D eigenvalue weighted by Gasteiger charge is 2.59. The number of esters is 3.